The normalized spacial score (nSPS) is 13.8. The van der Waals surface area contributed by atoms with Crippen LogP contribution in [0.3, 0.4) is 0 Å². The van der Waals surface area contributed by atoms with Crippen molar-refractivity contribution >= 4 is 71.4 Å². The van der Waals surface area contributed by atoms with Crippen LogP contribution >= 0.6 is 27.6 Å². The molecule has 2 atom stereocenters. The van der Waals surface area contributed by atoms with Gasteiger partial charge < -0.3 is 34.3 Å². The molecule has 0 aliphatic carbocycles. The number of amides is 5. The average molecular weight is 1420 g/mol. The number of nitrogens with two attached hydrogens (primary N) is 1. The number of hydrogen-bond acceptors (Lipinski definition) is 13. The summed E-state index contributed by atoms with van der Waals surface area (Å²) in [5, 5.41) is 11.3. The number of carbonyl (C=O) groups is 6. The van der Waals surface area contributed by atoms with Gasteiger partial charge in [-0.3, -0.25) is 47.7 Å². The summed E-state index contributed by atoms with van der Waals surface area (Å²) >= 11 is 0. The third-order valence-corrected chi connectivity index (χ3v) is 16.8. The van der Waals surface area contributed by atoms with E-state index in [-0.39, 0.29) is 126 Å². The number of carbonyl (C=O) groups excluding carboxylic acids is 5. The largest absolute Gasteiger partial charge is 0.481 e. The van der Waals surface area contributed by atoms with Crippen LogP contribution in [0.4, 0.5) is 8.78 Å². The molecule has 0 spiro atoms. The molecule has 17 nitrogen and oxygen atoms in total. The minimum absolute atomic E-state index is 0. The number of nitrogens with zero attached hydrogens (tertiary/aromatic N) is 2. The standard InChI is InChI=1S/C27H48FN2O6P.C21H42FO5P.C6H8N2O2.CH4.BH2.ClH.U/c1-3-35-37(34,36-4-2)24(28)18-16-14-12-10-8-6-5-7-9-11-13-15-17-19-25(31)29-22-23-30-26(32)20-21-27(30)33;1-3-26-28(25,27-4-2)20(22)18-16-14-12-10-8-6-5-7-9-11-13-15-17-19-21(23)24;7-3-4-8-5(9)1-2-6(8)10;;;;/h20-21,24H,3-19,22-23H2,1-2H3,(H,29,31);20H,3-19H2,1-2H3,(H,23,24);1-2H,3-4,7H2;1H4;1H2;1H;/i;;;;1T2;;. The van der Waals surface area contributed by atoms with Crippen LogP contribution in [0.25, 0.3) is 0 Å². The zero-order chi connectivity index (χ0) is 58.7. The molecule has 1 radical (unpaired) electrons. The molecule has 0 saturated heterocycles. The van der Waals surface area contributed by atoms with E-state index in [0.29, 0.717) is 53.7 Å². The Hall–Kier alpha value is -1.77. The molecule has 2 rings (SSSR count). The molecule has 0 saturated carbocycles. The first-order chi connectivity index (χ1) is 37.5. The third kappa shape index (κ3) is 44.4. The second-order valence-corrected chi connectivity index (χ2v) is 23.1. The van der Waals surface area contributed by atoms with Gasteiger partial charge in [0.05, 0.1) is 34.8 Å². The molecule has 2 heterocycles. The van der Waals surface area contributed by atoms with Crippen molar-refractivity contribution in [1.82, 2.24) is 15.1 Å². The van der Waals surface area contributed by atoms with Gasteiger partial charge in [0.2, 0.25) is 17.7 Å². The predicted octanol–water partition coefficient (Wildman–Crippen LogP) is 12.9. The number of imide groups is 2. The summed E-state index contributed by atoms with van der Waals surface area (Å²) in [6.07, 6.45) is 34.7. The van der Waals surface area contributed by atoms with E-state index in [1.54, 1.807) is 27.7 Å². The molecule has 5 amide bonds. The summed E-state index contributed by atoms with van der Waals surface area (Å²) < 4.78 is 84.8. The van der Waals surface area contributed by atoms with Crippen LogP contribution in [0.2, 0.25) is 0 Å². The van der Waals surface area contributed by atoms with Crippen molar-refractivity contribution < 1.29 is 101 Å². The van der Waals surface area contributed by atoms with Crippen LogP contribution in [0, 0.1) is 31.1 Å². The first-order valence-electron chi connectivity index (χ1n) is 29.5. The number of unbranched alkanes of at least 4 members (excludes halogenated alkanes) is 24. The number of nitrogens with one attached hydrogen (secondary N) is 1. The average Bonchev–Trinajstić information content (AvgIpc) is 3.90. The first-order valence-corrected chi connectivity index (χ1v) is 31.6. The summed E-state index contributed by atoms with van der Waals surface area (Å²) in [6.45, 7) is 8.67. The van der Waals surface area contributed by atoms with Crippen molar-refractivity contribution in [2.75, 3.05) is 52.6 Å². The number of alkyl halides is 2. The molecule has 0 aromatic heterocycles. The van der Waals surface area contributed by atoms with E-state index < -0.39 is 33.0 Å². The number of carboxylic acids is 1. The van der Waals surface area contributed by atoms with E-state index in [9.17, 15) is 46.7 Å². The summed E-state index contributed by atoms with van der Waals surface area (Å²) in [4.78, 5) is 68.8. The molecule has 0 aromatic carbocycles. The maximum absolute atomic E-state index is 14.3. The van der Waals surface area contributed by atoms with Crippen molar-refractivity contribution in [3.63, 3.8) is 0 Å². The van der Waals surface area contributed by atoms with Crippen LogP contribution in [-0.2, 0) is 56.0 Å². The number of carboxylic acid groups (broad SMARTS) is 1. The van der Waals surface area contributed by atoms with Gasteiger partial charge in [-0.1, -0.05) is 149 Å². The van der Waals surface area contributed by atoms with Crippen molar-refractivity contribution in [3.05, 3.63) is 24.3 Å². The van der Waals surface area contributed by atoms with E-state index in [4.69, 9.17) is 31.6 Å². The van der Waals surface area contributed by atoms with Crippen molar-refractivity contribution in [2.24, 2.45) is 5.73 Å². The molecule has 24 heteroatoms. The van der Waals surface area contributed by atoms with E-state index in [1.165, 1.54) is 108 Å². The van der Waals surface area contributed by atoms with E-state index in [1.807, 2.05) is 0 Å². The Morgan fingerprint density at radius 2 is 0.810 bits per heavy atom. The Morgan fingerprint density at radius 1 is 0.557 bits per heavy atom. The number of hydrogen-bond donors (Lipinski definition) is 3. The molecule has 461 valence electrons. The van der Waals surface area contributed by atoms with Gasteiger partial charge in [-0.15, -0.1) is 12.4 Å². The molecule has 0 fully saturated rings. The molecule has 2 unspecified atom stereocenters. The van der Waals surface area contributed by atoms with Gasteiger partial charge in [0, 0.05) is 94.4 Å². The Kier molecular flexibility index (Phi) is 58.5. The smallest absolute Gasteiger partial charge is 0.364 e. The van der Waals surface area contributed by atoms with Gasteiger partial charge in [0.15, 0.2) is 0 Å². The minimum atomic E-state index is -3.62. The monoisotopic (exact) mass is 1420 g/mol. The first kappa shape index (κ1) is 81.4. The van der Waals surface area contributed by atoms with E-state index in [0.717, 1.165) is 80.4 Å². The van der Waals surface area contributed by atoms with Gasteiger partial charge in [0.1, 0.15) is 0 Å². The summed E-state index contributed by atoms with van der Waals surface area (Å²) in [5.74, 6) is -4.97. The minimum Gasteiger partial charge on any atom is -0.481 e. The Morgan fingerprint density at radius 3 is 1.08 bits per heavy atom. The Bertz CT molecular complexity index is 1720. The van der Waals surface area contributed by atoms with Gasteiger partial charge >= 0.3 is 21.2 Å². The van der Waals surface area contributed by atoms with Crippen LogP contribution in [0.5, 0.6) is 0 Å². The van der Waals surface area contributed by atoms with Crippen LogP contribution in [0.15, 0.2) is 24.3 Å². The van der Waals surface area contributed by atoms with Gasteiger partial charge in [0.25, 0.3) is 23.6 Å². The molecule has 0 bridgehead atoms. The molecule has 4 N–H and O–H groups in total. The Labute approximate surface area is 509 Å². The van der Waals surface area contributed by atoms with Crippen LogP contribution < -0.4 is 11.1 Å². The van der Waals surface area contributed by atoms with Crippen LogP contribution in [0.1, 0.15) is 228 Å². The topological polar surface area (TPSA) is 238 Å². The van der Waals surface area contributed by atoms with Gasteiger partial charge in [-0.25, -0.2) is 8.78 Å². The van der Waals surface area contributed by atoms with E-state index >= 15 is 0 Å². The summed E-state index contributed by atoms with van der Waals surface area (Å²) in [5.41, 5.74) is 5.16. The molecular formula is C55H105BClF2N4O13P2U. The predicted molar refractivity (Wildman–Crippen MR) is 314 cm³/mol. The Balaban J connectivity index is -0.000000384. The summed E-state index contributed by atoms with van der Waals surface area (Å²) in [7, 11) is -6.71. The fourth-order valence-electron chi connectivity index (χ4n) is 8.34. The molecule has 2 aliphatic heterocycles. The van der Waals surface area contributed by atoms with Crippen molar-refractivity contribution in [1.29, 1.82) is 2.67 Å². The fraction of sp³-hybridized carbons (Fsp3) is 0.818. The second kappa shape index (κ2) is 56.7. The fourth-order valence-corrected chi connectivity index (χ4v) is 11.6. The van der Waals surface area contributed by atoms with Crippen molar-refractivity contribution in [2.45, 2.75) is 240 Å². The maximum atomic E-state index is 14.3. The second-order valence-electron chi connectivity index (χ2n) is 18.7. The van der Waals surface area contributed by atoms with Gasteiger partial charge in [-0.05, 0) is 68.9 Å². The number of halogens is 3. The quantitative estimate of drug-likeness (QED) is 0.0222. The maximum Gasteiger partial charge on any atom is 0.364 e. The van der Waals surface area contributed by atoms with E-state index in [2.05, 4.69) is 5.32 Å². The van der Waals surface area contributed by atoms with Gasteiger partial charge in [-0.2, -0.15) is 0 Å². The zero-order valence-electron chi connectivity index (χ0n) is 49.8. The molecule has 0 aromatic rings. The van der Waals surface area contributed by atoms with Crippen LogP contribution in [-0.4, -0.2) is 126 Å². The number of aliphatic carboxylic acids is 1. The van der Waals surface area contributed by atoms with Crippen molar-refractivity contribution in [3.8, 4) is 0 Å². The molecule has 79 heavy (non-hydrogen) atoms. The zero-order valence-corrected chi connectivity index (χ0v) is 54.6. The summed E-state index contributed by atoms with van der Waals surface area (Å²) in [6, 6.07) is 0. The number of rotatable bonds is 47. The molecule has 2 aliphatic rings. The SMILES string of the molecule is C.CCOP(=O)(OCC)C(F)CCCCCCCCCCCCCCCC(=O)NCCN1C(=O)C=CC1=O.CCOP(=O)(OCC)C(F)CCCCCCCCCCCCCCCC(=O)O.Cl.NCCN1C(=O)C=CC1=O.[3H][B][3H].[U]. The molecular weight excluding hydrogens is 1310 g/mol. The third-order valence-electron chi connectivity index (χ3n) is 12.4.